The van der Waals surface area contributed by atoms with E-state index >= 15 is 0 Å². The molecule has 4 rings (SSSR count). The Hall–Kier alpha value is -2.02. The highest BCUT2D eigenvalue weighted by atomic mass is 32.1. The number of nitrogens with zero attached hydrogens (tertiary/aromatic N) is 2. The number of thiophene rings is 1. The van der Waals surface area contributed by atoms with E-state index in [2.05, 4.69) is 10.1 Å². The Morgan fingerprint density at radius 2 is 2.12 bits per heavy atom. The number of hydrogen-bond donors (Lipinski definition) is 0. The first-order chi connectivity index (χ1) is 11.8. The maximum absolute atomic E-state index is 13.1. The minimum absolute atomic E-state index is 0.0389. The molecule has 1 unspecified atom stereocenters. The zero-order valence-corrected chi connectivity index (χ0v) is 13.8. The normalized spacial score (nSPS) is 18.8. The number of benzene rings is 1. The van der Waals surface area contributed by atoms with Gasteiger partial charge in [0.15, 0.2) is 5.76 Å². The molecule has 6 heteroatoms. The molecule has 0 N–H and O–H groups in total. The van der Waals surface area contributed by atoms with Gasteiger partial charge < -0.3 is 9.26 Å². The molecule has 1 aromatic carbocycles. The molecule has 3 aromatic rings. The van der Waals surface area contributed by atoms with Crippen LogP contribution >= 0.6 is 11.3 Å². The van der Waals surface area contributed by atoms with Crippen LogP contribution in [-0.2, 0) is 11.3 Å². The molecule has 2 aromatic heterocycles. The molecule has 4 nitrogen and oxygen atoms in total. The van der Waals surface area contributed by atoms with Crippen molar-refractivity contribution in [3.8, 4) is 10.6 Å². The molecule has 1 aliphatic rings. The molecule has 3 heterocycles. The number of hydrogen-bond acceptors (Lipinski definition) is 5. The van der Waals surface area contributed by atoms with Crippen LogP contribution in [0, 0.1) is 5.82 Å². The summed E-state index contributed by atoms with van der Waals surface area (Å²) in [6, 6.07) is 12.5. The van der Waals surface area contributed by atoms with Gasteiger partial charge in [0.2, 0.25) is 0 Å². The molecular formula is C18H17FN2O2S. The zero-order valence-electron chi connectivity index (χ0n) is 13.0. The molecule has 1 aliphatic heterocycles. The smallest absolute Gasteiger partial charge is 0.177 e. The number of rotatable bonds is 4. The second kappa shape index (κ2) is 6.84. The fraction of sp³-hybridized carbons (Fsp3) is 0.278. The van der Waals surface area contributed by atoms with Crippen LogP contribution in [0.2, 0.25) is 0 Å². The molecule has 0 spiro atoms. The summed E-state index contributed by atoms with van der Waals surface area (Å²) in [4.78, 5) is 3.37. The standard InChI is InChI=1S/C18H17FN2O2S/c19-14-5-3-13(4-6-14)17-12-21(7-8-22-17)11-15-10-16(23-20-15)18-2-1-9-24-18/h1-6,9-10,17H,7-8,11-12H2. The molecule has 1 fully saturated rings. The Morgan fingerprint density at radius 1 is 1.25 bits per heavy atom. The quantitative estimate of drug-likeness (QED) is 0.714. The summed E-state index contributed by atoms with van der Waals surface area (Å²) in [6.07, 6.45) is -0.0389. The zero-order chi connectivity index (χ0) is 16.4. The van der Waals surface area contributed by atoms with Gasteiger partial charge in [-0.3, -0.25) is 4.90 Å². The average molecular weight is 344 g/mol. The number of halogens is 1. The van der Waals surface area contributed by atoms with Crippen LogP contribution in [0.5, 0.6) is 0 Å². The third-order valence-corrected chi connectivity index (χ3v) is 4.99. The SMILES string of the molecule is Fc1ccc(C2CN(Cc3cc(-c4cccs4)on3)CCO2)cc1. The summed E-state index contributed by atoms with van der Waals surface area (Å²) in [5.74, 6) is 0.582. The highest BCUT2D eigenvalue weighted by Gasteiger charge is 2.23. The van der Waals surface area contributed by atoms with Gasteiger partial charge in [-0.1, -0.05) is 23.4 Å². The summed E-state index contributed by atoms with van der Waals surface area (Å²) in [5.41, 5.74) is 1.92. The van der Waals surface area contributed by atoms with Crippen molar-refractivity contribution in [1.29, 1.82) is 0 Å². The van der Waals surface area contributed by atoms with E-state index in [0.29, 0.717) is 6.61 Å². The van der Waals surface area contributed by atoms with Crippen LogP contribution in [0.1, 0.15) is 17.4 Å². The van der Waals surface area contributed by atoms with E-state index in [1.165, 1.54) is 12.1 Å². The molecule has 124 valence electrons. The molecule has 0 bridgehead atoms. The molecule has 1 atom stereocenters. The van der Waals surface area contributed by atoms with E-state index in [1.54, 1.807) is 23.5 Å². The Labute approximate surface area is 143 Å². The Kier molecular flexibility index (Phi) is 4.42. The van der Waals surface area contributed by atoms with E-state index < -0.39 is 0 Å². The number of aromatic nitrogens is 1. The van der Waals surface area contributed by atoms with E-state index in [-0.39, 0.29) is 11.9 Å². The largest absolute Gasteiger partial charge is 0.371 e. The van der Waals surface area contributed by atoms with Crippen LogP contribution < -0.4 is 0 Å². The molecule has 0 radical (unpaired) electrons. The average Bonchev–Trinajstić information content (AvgIpc) is 3.27. The minimum atomic E-state index is -0.227. The fourth-order valence-corrected chi connectivity index (χ4v) is 3.55. The third-order valence-electron chi connectivity index (χ3n) is 4.10. The molecule has 0 amide bonds. The lowest BCUT2D eigenvalue weighted by Crippen LogP contribution is -2.37. The van der Waals surface area contributed by atoms with Gasteiger partial charge in [0.25, 0.3) is 0 Å². The van der Waals surface area contributed by atoms with Crippen molar-refractivity contribution in [3.63, 3.8) is 0 Å². The highest BCUT2D eigenvalue weighted by Crippen LogP contribution is 2.27. The van der Waals surface area contributed by atoms with Gasteiger partial charge in [0.1, 0.15) is 5.82 Å². The van der Waals surface area contributed by atoms with Crippen LogP contribution in [0.3, 0.4) is 0 Å². The maximum Gasteiger partial charge on any atom is 0.177 e. The summed E-state index contributed by atoms with van der Waals surface area (Å²) in [6.45, 7) is 2.97. The van der Waals surface area contributed by atoms with Crippen molar-refractivity contribution in [1.82, 2.24) is 10.1 Å². The first-order valence-corrected chi connectivity index (χ1v) is 8.75. The van der Waals surface area contributed by atoms with Crippen LogP contribution in [0.15, 0.2) is 52.4 Å². The Bertz CT molecular complexity index is 786. The van der Waals surface area contributed by atoms with E-state index in [1.807, 2.05) is 23.6 Å². The molecular weight excluding hydrogens is 327 g/mol. The summed E-state index contributed by atoms with van der Waals surface area (Å²) in [7, 11) is 0. The minimum Gasteiger partial charge on any atom is -0.371 e. The van der Waals surface area contributed by atoms with Gasteiger partial charge in [0.05, 0.1) is 23.3 Å². The van der Waals surface area contributed by atoms with Gasteiger partial charge in [-0.25, -0.2) is 4.39 Å². The predicted molar refractivity (Wildman–Crippen MR) is 90.2 cm³/mol. The lowest BCUT2D eigenvalue weighted by molar-refractivity contribution is -0.0335. The van der Waals surface area contributed by atoms with Crippen LogP contribution in [0.25, 0.3) is 10.6 Å². The molecule has 0 saturated carbocycles. The van der Waals surface area contributed by atoms with Crippen molar-refractivity contribution in [2.24, 2.45) is 0 Å². The molecule has 1 saturated heterocycles. The number of ether oxygens (including phenoxy) is 1. The molecule has 0 aliphatic carbocycles. The van der Waals surface area contributed by atoms with Crippen molar-refractivity contribution < 1.29 is 13.7 Å². The van der Waals surface area contributed by atoms with E-state index in [9.17, 15) is 4.39 Å². The summed E-state index contributed by atoms with van der Waals surface area (Å²) in [5, 5.41) is 6.20. The van der Waals surface area contributed by atoms with Crippen molar-refractivity contribution in [2.75, 3.05) is 19.7 Å². The Balaban J connectivity index is 1.42. The third kappa shape index (κ3) is 3.40. The monoisotopic (exact) mass is 344 g/mol. The van der Waals surface area contributed by atoms with Gasteiger partial charge in [0, 0.05) is 25.7 Å². The van der Waals surface area contributed by atoms with Crippen LogP contribution in [0.4, 0.5) is 4.39 Å². The highest BCUT2D eigenvalue weighted by molar-refractivity contribution is 7.13. The maximum atomic E-state index is 13.1. The van der Waals surface area contributed by atoms with Crippen molar-refractivity contribution in [2.45, 2.75) is 12.6 Å². The van der Waals surface area contributed by atoms with Gasteiger partial charge >= 0.3 is 0 Å². The summed E-state index contributed by atoms with van der Waals surface area (Å²) < 4.78 is 24.3. The first-order valence-electron chi connectivity index (χ1n) is 7.87. The van der Waals surface area contributed by atoms with Gasteiger partial charge in [-0.15, -0.1) is 11.3 Å². The van der Waals surface area contributed by atoms with E-state index in [4.69, 9.17) is 9.26 Å². The predicted octanol–water partition coefficient (Wildman–Crippen LogP) is 4.12. The molecule has 24 heavy (non-hydrogen) atoms. The first kappa shape index (κ1) is 15.5. The van der Waals surface area contributed by atoms with Crippen molar-refractivity contribution >= 4 is 11.3 Å². The lowest BCUT2D eigenvalue weighted by Gasteiger charge is -2.32. The topological polar surface area (TPSA) is 38.5 Å². The van der Waals surface area contributed by atoms with Crippen molar-refractivity contribution in [3.05, 3.63) is 64.9 Å². The van der Waals surface area contributed by atoms with E-state index in [0.717, 1.165) is 41.5 Å². The lowest BCUT2D eigenvalue weighted by atomic mass is 10.1. The van der Waals surface area contributed by atoms with Crippen LogP contribution in [-0.4, -0.2) is 29.8 Å². The number of morpholine rings is 1. The van der Waals surface area contributed by atoms with Gasteiger partial charge in [-0.2, -0.15) is 0 Å². The van der Waals surface area contributed by atoms with Gasteiger partial charge in [-0.05, 0) is 29.1 Å². The second-order valence-corrected chi connectivity index (χ2v) is 6.75. The fourth-order valence-electron chi connectivity index (χ4n) is 2.88. The Morgan fingerprint density at radius 3 is 2.92 bits per heavy atom. The second-order valence-electron chi connectivity index (χ2n) is 5.81. The summed E-state index contributed by atoms with van der Waals surface area (Å²) >= 11 is 1.64.